The standard InChI is InChI=1S/C13H18F2N2O/c14-10-3-4-13(12(15)7-10)18-9-11(8-16)17-5-1-2-6-17/h3-4,7,11H,1-2,5-6,8-9,16H2. The monoisotopic (exact) mass is 256 g/mol. The van der Waals surface area contributed by atoms with Gasteiger partial charge in [0.1, 0.15) is 12.4 Å². The molecule has 5 heteroatoms. The highest BCUT2D eigenvalue weighted by molar-refractivity contribution is 5.24. The zero-order valence-corrected chi connectivity index (χ0v) is 10.2. The minimum absolute atomic E-state index is 0.0778. The van der Waals surface area contributed by atoms with Gasteiger partial charge in [-0.2, -0.15) is 0 Å². The van der Waals surface area contributed by atoms with Crippen molar-refractivity contribution in [1.82, 2.24) is 4.90 Å². The van der Waals surface area contributed by atoms with Crippen LogP contribution in [-0.4, -0.2) is 37.2 Å². The molecular formula is C13H18F2N2O. The van der Waals surface area contributed by atoms with Crippen LogP contribution in [0.15, 0.2) is 18.2 Å². The third kappa shape index (κ3) is 3.17. The fourth-order valence-corrected chi connectivity index (χ4v) is 2.21. The highest BCUT2D eigenvalue weighted by Gasteiger charge is 2.21. The molecule has 0 bridgehead atoms. The van der Waals surface area contributed by atoms with Gasteiger partial charge in [0, 0.05) is 12.6 Å². The van der Waals surface area contributed by atoms with E-state index in [2.05, 4.69) is 4.90 Å². The molecule has 1 aromatic rings. The normalized spacial score (nSPS) is 17.9. The molecule has 0 amide bonds. The molecule has 100 valence electrons. The fourth-order valence-electron chi connectivity index (χ4n) is 2.21. The Morgan fingerprint density at radius 1 is 1.28 bits per heavy atom. The van der Waals surface area contributed by atoms with E-state index in [4.69, 9.17) is 10.5 Å². The summed E-state index contributed by atoms with van der Waals surface area (Å²) in [7, 11) is 0. The zero-order valence-electron chi connectivity index (χ0n) is 10.2. The summed E-state index contributed by atoms with van der Waals surface area (Å²) in [4.78, 5) is 2.25. The Labute approximate surface area is 106 Å². The van der Waals surface area contributed by atoms with Gasteiger partial charge in [0.2, 0.25) is 0 Å². The molecule has 0 radical (unpaired) electrons. The Morgan fingerprint density at radius 3 is 2.61 bits per heavy atom. The summed E-state index contributed by atoms with van der Waals surface area (Å²) in [5.41, 5.74) is 5.70. The lowest BCUT2D eigenvalue weighted by Gasteiger charge is -2.26. The van der Waals surface area contributed by atoms with Gasteiger partial charge in [0.05, 0.1) is 6.04 Å². The number of hydrogen-bond donors (Lipinski definition) is 1. The maximum atomic E-state index is 13.4. The molecule has 0 aliphatic carbocycles. The summed E-state index contributed by atoms with van der Waals surface area (Å²) < 4.78 is 31.5. The second-order valence-corrected chi connectivity index (χ2v) is 4.52. The third-order valence-corrected chi connectivity index (χ3v) is 3.25. The minimum atomic E-state index is -0.674. The van der Waals surface area contributed by atoms with Crippen molar-refractivity contribution in [2.45, 2.75) is 18.9 Å². The highest BCUT2D eigenvalue weighted by Crippen LogP contribution is 2.19. The van der Waals surface area contributed by atoms with Gasteiger partial charge in [-0.1, -0.05) is 0 Å². The van der Waals surface area contributed by atoms with Crippen LogP contribution in [0.2, 0.25) is 0 Å². The average Bonchev–Trinajstić information content (AvgIpc) is 2.86. The first kappa shape index (κ1) is 13.2. The minimum Gasteiger partial charge on any atom is -0.489 e. The number of hydrogen-bond acceptors (Lipinski definition) is 3. The van der Waals surface area contributed by atoms with Crippen LogP contribution in [0.1, 0.15) is 12.8 Å². The topological polar surface area (TPSA) is 38.5 Å². The second-order valence-electron chi connectivity index (χ2n) is 4.52. The largest absolute Gasteiger partial charge is 0.489 e. The predicted octanol–water partition coefficient (Wildman–Crippen LogP) is 1.77. The van der Waals surface area contributed by atoms with Crippen LogP contribution >= 0.6 is 0 Å². The zero-order chi connectivity index (χ0) is 13.0. The first-order valence-electron chi connectivity index (χ1n) is 6.22. The van der Waals surface area contributed by atoms with E-state index < -0.39 is 11.6 Å². The summed E-state index contributed by atoms with van der Waals surface area (Å²) in [5, 5.41) is 0. The summed E-state index contributed by atoms with van der Waals surface area (Å²) in [6.07, 6.45) is 2.34. The lowest BCUT2D eigenvalue weighted by Crippen LogP contribution is -2.42. The van der Waals surface area contributed by atoms with Crippen molar-refractivity contribution < 1.29 is 13.5 Å². The Bertz CT molecular complexity index is 395. The van der Waals surface area contributed by atoms with Crippen molar-refractivity contribution in [3.05, 3.63) is 29.8 Å². The molecule has 1 unspecified atom stereocenters. The molecule has 0 saturated carbocycles. The van der Waals surface area contributed by atoms with Crippen LogP contribution in [-0.2, 0) is 0 Å². The summed E-state index contributed by atoms with van der Waals surface area (Å²) in [6.45, 7) is 2.83. The molecule has 1 fully saturated rings. The van der Waals surface area contributed by atoms with E-state index >= 15 is 0 Å². The first-order valence-corrected chi connectivity index (χ1v) is 6.22. The van der Waals surface area contributed by atoms with E-state index in [1.54, 1.807) is 0 Å². The van der Waals surface area contributed by atoms with Gasteiger partial charge in [-0.05, 0) is 38.1 Å². The second kappa shape index (κ2) is 6.11. The molecule has 1 aliphatic heterocycles. The lowest BCUT2D eigenvalue weighted by molar-refractivity contribution is 0.161. The molecular weight excluding hydrogens is 238 g/mol. The van der Waals surface area contributed by atoms with Crippen LogP contribution < -0.4 is 10.5 Å². The number of rotatable bonds is 5. The number of likely N-dealkylation sites (tertiary alicyclic amines) is 1. The van der Waals surface area contributed by atoms with Gasteiger partial charge in [0.15, 0.2) is 11.6 Å². The first-order chi connectivity index (χ1) is 8.70. The average molecular weight is 256 g/mol. The van der Waals surface area contributed by atoms with Gasteiger partial charge in [-0.15, -0.1) is 0 Å². The van der Waals surface area contributed by atoms with Crippen molar-refractivity contribution in [1.29, 1.82) is 0 Å². The SMILES string of the molecule is NCC(COc1ccc(F)cc1F)N1CCCC1. The van der Waals surface area contributed by atoms with Crippen molar-refractivity contribution in [2.75, 3.05) is 26.2 Å². The molecule has 0 aromatic heterocycles. The molecule has 1 aliphatic rings. The number of halogens is 2. The van der Waals surface area contributed by atoms with E-state index in [0.717, 1.165) is 19.2 Å². The van der Waals surface area contributed by atoms with Crippen molar-refractivity contribution in [3.8, 4) is 5.75 Å². The van der Waals surface area contributed by atoms with Gasteiger partial charge in [-0.3, -0.25) is 4.90 Å². The molecule has 1 atom stereocenters. The van der Waals surface area contributed by atoms with Crippen LogP contribution in [0.4, 0.5) is 8.78 Å². The molecule has 2 N–H and O–H groups in total. The van der Waals surface area contributed by atoms with E-state index in [1.165, 1.54) is 25.0 Å². The Kier molecular flexibility index (Phi) is 4.49. The number of benzene rings is 1. The number of nitrogens with two attached hydrogens (primary N) is 1. The fraction of sp³-hybridized carbons (Fsp3) is 0.538. The van der Waals surface area contributed by atoms with Crippen LogP contribution in [0.5, 0.6) is 5.75 Å². The van der Waals surface area contributed by atoms with Crippen molar-refractivity contribution in [2.24, 2.45) is 5.73 Å². The predicted molar refractivity (Wildman–Crippen MR) is 65.5 cm³/mol. The summed E-state index contributed by atoms with van der Waals surface area (Å²) in [5.74, 6) is -1.20. The molecule has 1 heterocycles. The van der Waals surface area contributed by atoms with Gasteiger partial charge < -0.3 is 10.5 Å². The molecule has 1 aromatic carbocycles. The summed E-state index contributed by atoms with van der Waals surface area (Å²) in [6, 6.07) is 3.41. The lowest BCUT2D eigenvalue weighted by atomic mass is 10.2. The van der Waals surface area contributed by atoms with Crippen molar-refractivity contribution >= 4 is 0 Å². The Balaban J connectivity index is 1.92. The maximum absolute atomic E-state index is 13.4. The van der Waals surface area contributed by atoms with Gasteiger partial charge in [-0.25, -0.2) is 8.78 Å². The molecule has 0 spiro atoms. The quantitative estimate of drug-likeness (QED) is 0.872. The Morgan fingerprint density at radius 2 is 2.00 bits per heavy atom. The van der Waals surface area contributed by atoms with E-state index in [-0.39, 0.29) is 11.8 Å². The molecule has 18 heavy (non-hydrogen) atoms. The van der Waals surface area contributed by atoms with E-state index in [1.807, 2.05) is 0 Å². The molecule has 1 saturated heterocycles. The number of ether oxygens (including phenoxy) is 1. The van der Waals surface area contributed by atoms with Gasteiger partial charge >= 0.3 is 0 Å². The molecule has 2 rings (SSSR count). The smallest absolute Gasteiger partial charge is 0.167 e. The van der Waals surface area contributed by atoms with Gasteiger partial charge in [0.25, 0.3) is 0 Å². The summed E-state index contributed by atoms with van der Waals surface area (Å²) >= 11 is 0. The third-order valence-electron chi connectivity index (χ3n) is 3.25. The van der Waals surface area contributed by atoms with Crippen LogP contribution in [0.3, 0.4) is 0 Å². The van der Waals surface area contributed by atoms with E-state index in [9.17, 15) is 8.78 Å². The van der Waals surface area contributed by atoms with E-state index in [0.29, 0.717) is 13.2 Å². The maximum Gasteiger partial charge on any atom is 0.167 e. The highest BCUT2D eigenvalue weighted by atomic mass is 19.1. The Hall–Kier alpha value is -1.20. The number of nitrogens with zero attached hydrogens (tertiary/aromatic N) is 1. The van der Waals surface area contributed by atoms with Crippen LogP contribution in [0.25, 0.3) is 0 Å². The van der Waals surface area contributed by atoms with Crippen LogP contribution in [0, 0.1) is 11.6 Å². The van der Waals surface area contributed by atoms with Crippen molar-refractivity contribution in [3.63, 3.8) is 0 Å². The molecule has 3 nitrogen and oxygen atoms in total.